The summed E-state index contributed by atoms with van der Waals surface area (Å²) in [7, 11) is -3.36. The van der Waals surface area contributed by atoms with E-state index in [1.165, 1.54) is 12.2 Å². The second kappa shape index (κ2) is 37.8. The molecule has 0 aromatic carbocycles. The summed E-state index contributed by atoms with van der Waals surface area (Å²) < 4.78 is 23.7. The van der Waals surface area contributed by atoms with Crippen molar-refractivity contribution in [2.75, 3.05) is 0 Å². The highest BCUT2D eigenvalue weighted by atomic mass is 32.2. The Morgan fingerprint density at radius 2 is 0.958 bits per heavy atom. The molecule has 0 aliphatic rings. The summed E-state index contributed by atoms with van der Waals surface area (Å²) in [6.07, 6.45) is 7.73. The van der Waals surface area contributed by atoms with Crippen LogP contribution >= 0.6 is 0 Å². The smallest absolute Gasteiger partial charge is 0.205 e. The molecule has 0 heterocycles. The Bertz CT molecular complexity index is 384. The third-order valence-electron chi connectivity index (χ3n) is 1.72. The quantitative estimate of drug-likeness (QED) is 0.473. The number of hydrogen-bond acceptors (Lipinski definition) is 2. The molecule has 0 spiro atoms. The van der Waals surface area contributed by atoms with E-state index in [1.807, 2.05) is 69.2 Å². The Kier molecular flexibility index (Phi) is 60.6. The summed E-state index contributed by atoms with van der Waals surface area (Å²) >= 11 is 0. The predicted molar refractivity (Wildman–Crippen MR) is 118 cm³/mol. The molecule has 3 heteroatoms. The Balaban J connectivity index is -0.0000000687. The number of sulfone groups is 1. The topological polar surface area (TPSA) is 34.1 Å². The first kappa shape index (κ1) is 38.5. The van der Waals surface area contributed by atoms with Crippen LogP contribution in [0.4, 0.5) is 0 Å². The van der Waals surface area contributed by atoms with Crippen molar-refractivity contribution in [1.82, 2.24) is 0 Å². The average Bonchev–Trinajstić information content (AvgIpc) is 2.68. The van der Waals surface area contributed by atoms with Gasteiger partial charge in [0.25, 0.3) is 0 Å². The van der Waals surface area contributed by atoms with Crippen molar-refractivity contribution in [2.24, 2.45) is 0 Å². The number of hydrogen-bond donors (Lipinski definition) is 0. The maximum atomic E-state index is 11.9. The van der Waals surface area contributed by atoms with Crippen LogP contribution in [0.25, 0.3) is 0 Å². The molecule has 0 bridgehead atoms. The zero-order valence-electron chi connectivity index (χ0n) is 18.8. The van der Waals surface area contributed by atoms with Crippen LogP contribution in [0.3, 0.4) is 0 Å². The fourth-order valence-corrected chi connectivity index (χ4v) is 2.45. The van der Waals surface area contributed by atoms with Crippen LogP contribution in [0.15, 0.2) is 46.8 Å². The second-order valence-electron chi connectivity index (χ2n) is 2.59. The molecule has 0 fully saturated rings. The summed E-state index contributed by atoms with van der Waals surface area (Å²) in [5.41, 5.74) is 0. The SMILES string of the molecule is C=C/C(=C\C)S(=O)(=O)C(/C=C\C)=C/C.CC.CC.CC.CC.CC. The lowest BCUT2D eigenvalue weighted by molar-refractivity contribution is 0.609. The normalized spacial score (nSPS) is 9.88. The van der Waals surface area contributed by atoms with Crippen molar-refractivity contribution < 1.29 is 8.42 Å². The zero-order valence-corrected chi connectivity index (χ0v) is 19.6. The summed E-state index contributed by atoms with van der Waals surface area (Å²) in [4.78, 5) is 0.539. The van der Waals surface area contributed by atoms with Gasteiger partial charge in [0, 0.05) is 0 Å². The first-order valence-electron chi connectivity index (χ1n) is 9.37. The van der Waals surface area contributed by atoms with E-state index >= 15 is 0 Å². The predicted octanol–water partition coefficient (Wildman–Crippen LogP) is 8.10. The molecular weight excluding hydrogens is 316 g/mol. The van der Waals surface area contributed by atoms with Crippen LogP contribution in [0.5, 0.6) is 0 Å². The van der Waals surface area contributed by atoms with Gasteiger partial charge in [-0.2, -0.15) is 0 Å². The molecule has 0 atom stereocenters. The van der Waals surface area contributed by atoms with Crippen LogP contribution in [0, 0.1) is 0 Å². The van der Waals surface area contributed by atoms with E-state index in [2.05, 4.69) is 6.58 Å². The molecule has 0 unspecified atom stereocenters. The minimum absolute atomic E-state index is 0.240. The molecular formula is C21H46O2S. The minimum atomic E-state index is -3.36. The van der Waals surface area contributed by atoms with Crippen molar-refractivity contribution in [1.29, 1.82) is 0 Å². The lowest BCUT2D eigenvalue weighted by Crippen LogP contribution is -2.03. The van der Waals surface area contributed by atoms with Gasteiger partial charge in [-0.25, -0.2) is 8.42 Å². The van der Waals surface area contributed by atoms with Gasteiger partial charge < -0.3 is 0 Å². The zero-order chi connectivity index (χ0) is 21.2. The van der Waals surface area contributed by atoms with Gasteiger partial charge in [-0.05, 0) is 26.8 Å². The van der Waals surface area contributed by atoms with Crippen molar-refractivity contribution >= 4 is 9.84 Å². The lowest BCUT2D eigenvalue weighted by Gasteiger charge is -2.04. The van der Waals surface area contributed by atoms with Crippen LogP contribution in [0.2, 0.25) is 0 Å². The summed E-state index contributed by atoms with van der Waals surface area (Å²) in [5.74, 6) is 0. The molecule has 0 radical (unpaired) electrons. The second-order valence-corrected chi connectivity index (χ2v) is 4.54. The van der Waals surface area contributed by atoms with Crippen molar-refractivity contribution in [3.05, 3.63) is 46.8 Å². The molecule has 0 aliphatic carbocycles. The summed E-state index contributed by atoms with van der Waals surface area (Å²) in [6, 6.07) is 0. The van der Waals surface area contributed by atoms with Gasteiger partial charge in [-0.15, -0.1) is 0 Å². The monoisotopic (exact) mass is 362 g/mol. The van der Waals surface area contributed by atoms with Gasteiger partial charge in [0.05, 0.1) is 9.81 Å². The van der Waals surface area contributed by atoms with E-state index < -0.39 is 9.84 Å². The third kappa shape index (κ3) is 20.9. The first-order chi connectivity index (χ1) is 11.5. The fraction of sp³-hybridized carbons (Fsp3) is 0.619. The van der Waals surface area contributed by atoms with E-state index in [4.69, 9.17) is 0 Å². The van der Waals surface area contributed by atoms with Gasteiger partial charge in [0.1, 0.15) is 0 Å². The van der Waals surface area contributed by atoms with Gasteiger partial charge in [-0.3, -0.25) is 0 Å². The molecule has 0 saturated carbocycles. The van der Waals surface area contributed by atoms with Crippen LogP contribution in [-0.2, 0) is 9.84 Å². The molecule has 0 saturated heterocycles. The van der Waals surface area contributed by atoms with E-state index in [0.717, 1.165) is 0 Å². The van der Waals surface area contributed by atoms with Crippen LogP contribution < -0.4 is 0 Å². The highest BCUT2D eigenvalue weighted by molar-refractivity contribution is 7.99. The molecule has 24 heavy (non-hydrogen) atoms. The average molecular weight is 363 g/mol. The molecule has 0 amide bonds. The first-order valence-corrected chi connectivity index (χ1v) is 10.9. The molecule has 2 nitrogen and oxygen atoms in total. The van der Waals surface area contributed by atoms with Crippen molar-refractivity contribution in [3.63, 3.8) is 0 Å². The van der Waals surface area contributed by atoms with Crippen LogP contribution in [-0.4, -0.2) is 8.42 Å². The highest BCUT2D eigenvalue weighted by Gasteiger charge is 2.17. The van der Waals surface area contributed by atoms with E-state index in [-0.39, 0.29) is 4.91 Å². The molecule has 0 aliphatic heterocycles. The van der Waals surface area contributed by atoms with Crippen molar-refractivity contribution in [2.45, 2.75) is 90.0 Å². The van der Waals surface area contributed by atoms with Gasteiger partial charge >= 0.3 is 0 Å². The minimum Gasteiger partial charge on any atom is -0.219 e. The highest BCUT2D eigenvalue weighted by Crippen LogP contribution is 2.19. The molecule has 148 valence electrons. The van der Waals surface area contributed by atoms with Gasteiger partial charge in [0.15, 0.2) is 0 Å². The largest absolute Gasteiger partial charge is 0.219 e. The molecule has 0 rings (SSSR count). The van der Waals surface area contributed by atoms with Crippen molar-refractivity contribution in [3.8, 4) is 0 Å². The summed E-state index contributed by atoms with van der Waals surface area (Å²) in [5, 5.41) is 0. The maximum Gasteiger partial charge on any atom is 0.205 e. The lowest BCUT2D eigenvalue weighted by atomic mass is 10.4. The standard InChI is InChI=1S/C11H16O2S.5C2H6/c1-5-9-11(8-4)14(12,13)10(6-2)7-3;5*1-2/h5-9H,2H2,1,3-4H3;5*1-2H3/b9-5-,10-7+,11-8+;;;;;. The Morgan fingerprint density at radius 1 is 0.667 bits per heavy atom. The third-order valence-corrected chi connectivity index (χ3v) is 3.74. The molecule has 0 N–H and O–H groups in total. The summed E-state index contributed by atoms with van der Waals surface area (Å²) in [6.45, 7) is 28.6. The Labute approximate surface area is 155 Å². The Morgan fingerprint density at radius 3 is 1.12 bits per heavy atom. The number of allylic oxidation sites excluding steroid dienone is 5. The maximum absolute atomic E-state index is 11.9. The number of rotatable bonds is 4. The van der Waals surface area contributed by atoms with Gasteiger partial charge in [-0.1, -0.05) is 100 Å². The fourth-order valence-electron chi connectivity index (χ4n) is 1.02. The van der Waals surface area contributed by atoms with E-state index in [0.29, 0.717) is 4.91 Å². The van der Waals surface area contributed by atoms with E-state index in [1.54, 1.807) is 39.0 Å². The molecule has 0 aromatic heterocycles. The van der Waals surface area contributed by atoms with Gasteiger partial charge in [0.2, 0.25) is 9.84 Å². The molecule has 0 aromatic rings. The van der Waals surface area contributed by atoms with E-state index in [9.17, 15) is 8.42 Å². The van der Waals surface area contributed by atoms with Crippen LogP contribution in [0.1, 0.15) is 90.0 Å². The Hall–Kier alpha value is -1.09.